The Labute approximate surface area is 83.3 Å². The summed E-state index contributed by atoms with van der Waals surface area (Å²) in [6.07, 6.45) is 0. The van der Waals surface area contributed by atoms with E-state index >= 15 is 0 Å². The number of amides is 1. The molecule has 1 aromatic carbocycles. The number of carbonyl (C=O) groups is 1. The summed E-state index contributed by atoms with van der Waals surface area (Å²) in [6.45, 7) is 1.92. The van der Waals surface area contributed by atoms with Crippen molar-refractivity contribution in [3.63, 3.8) is 0 Å². The van der Waals surface area contributed by atoms with Crippen LogP contribution in [0.2, 0.25) is 0 Å². The second-order valence-corrected chi connectivity index (χ2v) is 3.54. The van der Waals surface area contributed by atoms with Gasteiger partial charge >= 0.3 is 0 Å². The van der Waals surface area contributed by atoms with Crippen molar-refractivity contribution in [2.45, 2.75) is 12.8 Å². The molecule has 0 N–H and O–H groups in total. The largest absolute Gasteiger partial charge is 0.497 e. The number of carbonyl (C=O) groups excluding carboxylic acids is 1. The monoisotopic (exact) mass is 191 g/mol. The lowest BCUT2D eigenvalue weighted by molar-refractivity contribution is -0.118. The number of benzene rings is 1. The van der Waals surface area contributed by atoms with Crippen LogP contribution in [0.3, 0.4) is 0 Å². The standard InChI is InChI=1S/C11H13NO2/c1-7-9-6-8(14-3)4-5-10(9)12(2)11(7)13/h4-7H,1-3H3. The van der Waals surface area contributed by atoms with Crippen molar-refractivity contribution < 1.29 is 9.53 Å². The van der Waals surface area contributed by atoms with Crippen LogP contribution in [-0.2, 0) is 4.79 Å². The maximum atomic E-state index is 11.6. The molecule has 0 saturated carbocycles. The van der Waals surface area contributed by atoms with Crippen LogP contribution < -0.4 is 9.64 Å². The van der Waals surface area contributed by atoms with Gasteiger partial charge in [0.15, 0.2) is 0 Å². The average Bonchev–Trinajstić information content (AvgIpc) is 2.44. The Morgan fingerprint density at radius 3 is 2.79 bits per heavy atom. The van der Waals surface area contributed by atoms with E-state index in [1.54, 1.807) is 19.1 Å². The molecule has 3 nitrogen and oxygen atoms in total. The molecule has 0 aromatic heterocycles. The van der Waals surface area contributed by atoms with Gasteiger partial charge in [0.1, 0.15) is 5.75 Å². The summed E-state index contributed by atoms with van der Waals surface area (Å²) in [5.41, 5.74) is 2.04. The minimum absolute atomic E-state index is 0.0508. The van der Waals surface area contributed by atoms with E-state index in [1.807, 2.05) is 25.1 Å². The van der Waals surface area contributed by atoms with Crippen LogP contribution in [0, 0.1) is 0 Å². The predicted molar refractivity (Wildman–Crippen MR) is 54.8 cm³/mol. The SMILES string of the molecule is COc1ccc2c(c1)C(C)C(=O)N2C. The highest BCUT2D eigenvalue weighted by atomic mass is 16.5. The maximum Gasteiger partial charge on any atom is 0.234 e. The maximum absolute atomic E-state index is 11.6. The van der Waals surface area contributed by atoms with Crippen LogP contribution in [-0.4, -0.2) is 20.1 Å². The summed E-state index contributed by atoms with van der Waals surface area (Å²) in [6, 6.07) is 5.73. The normalized spacial score (nSPS) is 19.8. The Balaban J connectivity index is 2.53. The van der Waals surface area contributed by atoms with Crippen molar-refractivity contribution in [2.75, 3.05) is 19.1 Å². The Morgan fingerprint density at radius 1 is 1.43 bits per heavy atom. The molecular formula is C11H13NO2. The Hall–Kier alpha value is -1.51. The molecule has 0 saturated heterocycles. The van der Waals surface area contributed by atoms with Crippen molar-refractivity contribution in [1.82, 2.24) is 0 Å². The highest BCUT2D eigenvalue weighted by Crippen LogP contribution is 2.37. The highest BCUT2D eigenvalue weighted by molar-refractivity contribution is 6.04. The minimum atomic E-state index is -0.0508. The summed E-state index contributed by atoms with van der Waals surface area (Å²) in [4.78, 5) is 13.3. The van der Waals surface area contributed by atoms with Gasteiger partial charge < -0.3 is 9.64 Å². The lowest BCUT2D eigenvalue weighted by atomic mass is 10.0. The van der Waals surface area contributed by atoms with Crippen molar-refractivity contribution in [2.24, 2.45) is 0 Å². The van der Waals surface area contributed by atoms with Crippen LogP contribution in [0.1, 0.15) is 18.4 Å². The van der Waals surface area contributed by atoms with Crippen molar-refractivity contribution >= 4 is 11.6 Å². The molecule has 2 rings (SSSR count). The van der Waals surface area contributed by atoms with Gasteiger partial charge in [-0.1, -0.05) is 0 Å². The van der Waals surface area contributed by atoms with Crippen LogP contribution in [0.15, 0.2) is 18.2 Å². The van der Waals surface area contributed by atoms with E-state index in [0.717, 1.165) is 17.0 Å². The van der Waals surface area contributed by atoms with Crippen molar-refractivity contribution in [1.29, 1.82) is 0 Å². The highest BCUT2D eigenvalue weighted by Gasteiger charge is 2.31. The zero-order chi connectivity index (χ0) is 10.3. The summed E-state index contributed by atoms with van der Waals surface area (Å²) >= 11 is 0. The van der Waals surface area contributed by atoms with Gasteiger partial charge in [0.2, 0.25) is 5.91 Å². The molecule has 3 heteroatoms. The van der Waals surface area contributed by atoms with Crippen LogP contribution in [0.4, 0.5) is 5.69 Å². The summed E-state index contributed by atoms with van der Waals surface area (Å²) in [5.74, 6) is 0.900. The molecule has 1 unspecified atom stereocenters. The second-order valence-electron chi connectivity index (χ2n) is 3.54. The third-order valence-corrected chi connectivity index (χ3v) is 2.76. The predicted octanol–water partition coefficient (Wildman–Crippen LogP) is 1.78. The van der Waals surface area contributed by atoms with E-state index < -0.39 is 0 Å². The number of rotatable bonds is 1. The average molecular weight is 191 g/mol. The number of nitrogens with zero attached hydrogens (tertiary/aromatic N) is 1. The number of hydrogen-bond donors (Lipinski definition) is 0. The molecule has 14 heavy (non-hydrogen) atoms. The zero-order valence-corrected chi connectivity index (χ0v) is 8.57. The van der Waals surface area contributed by atoms with Crippen molar-refractivity contribution in [3.05, 3.63) is 23.8 Å². The number of anilines is 1. The summed E-state index contributed by atoms with van der Waals surface area (Å²) < 4.78 is 5.13. The quantitative estimate of drug-likeness (QED) is 0.677. The molecule has 0 radical (unpaired) electrons. The topological polar surface area (TPSA) is 29.5 Å². The number of hydrogen-bond acceptors (Lipinski definition) is 2. The third-order valence-electron chi connectivity index (χ3n) is 2.76. The fourth-order valence-corrected chi connectivity index (χ4v) is 1.85. The van der Waals surface area contributed by atoms with E-state index in [2.05, 4.69) is 0 Å². The molecule has 1 aliphatic heterocycles. The smallest absolute Gasteiger partial charge is 0.234 e. The van der Waals surface area contributed by atoms with Gasteiger partial charge in [0, 0.05) is 12.7 Å². The first-order chi connectivity index (χ1) is 6.65. The van der Waals surface area contributed by atoms with E-state index in [0.29, 0.717) is 0 Å². The number of fused-ring (bicyclic) bond motifs is 1. The minimum Gasteiger partial charge on any atom is -0.497 e. The Kier molecular flexibility index (Phi) is 1.95. The lowest BCUT2D eigenvalue weighted by Crippen LogP contribution is -2.22. The molecule has 1 atom stereocenters. The van der Waals surface area contributed by atoms with E-state index in [9.17, 15) is 4.79 Å². The first kappa shape index (κ1) is 9.06. The fraction of sp³-hybridized carbons (Fsp3) is 0.364. The van der Waals surface area contributed by atoms with Gasteiger partial charge in [-0.3, -0.25) is 4.79 Å². The summed E-state index contributed by atoms with van der Waals surface area (Å²) in [7, 11) is 3.43. The summed E-state index contributed by atoms with van der Waals surface area (Å²) in [5, 5.41) is 0. The van der Waals surface area contributed by atoms with Crippen molar-refractivity contribution in [3.8, 4) is 5.75 Å². The Bertz CT molecular complexity index is 387. The van der Waals surface area contributed by atoms with Crippen LogP contribution >= 0.6 is 0 Å². The second kappa shape index (κ2) is 3.01. The molecule has 1 heterocycles. The molecular weight excluding hydrogens is 178 g/mol. The molecule has 1 aromatic rings. The number of ether oxygens (including phenoxy) is 1. The molecule has 1 amide bonds. The number of likely N-dealkylation sites (N-methyl/N-ethyl adjacent to an activating group) is 1. The number of methoxy groups -OCH3 is 1. The first-order valence-corrected chi connectivity index (χ1v) is 4.60. The third kappa shape index (κ3) is 1.09. The van der Waals surface area contributed by atoms with Crippen LogP contribution in [0.5, 0.6) is 5.75 Å². The van der Waals surface area contributed by atoms with Gasteiger partial charge in [-0.05, 0) is 30.7 Å². The van der Waals surface area contributed by atoms with Gasteiger partial charge in [0.05, 0.1) is 13.0 Å². The van der Waals surface area contributed by atoms with Gasteiger partial charge in [-0.15, -0.1) is 0 Å². The molecule has 1 aliphatic rings. The zero-order valence-electron chi connectivity index (χ0n) is 8.57. The van der Waals surface area contributed by atoms with E-state index in [-0.39, 0.29) is 11.8 Å². The lowest BCUT2D eigenvalue weighted by Gasteiger charge is -2.09. The van der Waals surface area contributed by atoms with E-state index in [4.69, 9.17) is 4.74 Å². The molecule has 0 spiro atoms. The van der Waals surface area contributed by atoms with Gasteiger partial charge in [0.25, 0.3) is 0 Å². The fourth-order valence-electron chi connectivity index (χ4n) is 1.85. The van der Waals surface area contributed by atoms with Gasteiger partial charge in [-0.2, -0.15) is 0 Å². The molecule has 0 fully saturated rings. The first-order valence-electron chi connectivity index (χ1n) is 4.60. The molecule has 0 bridgehead atoms. The Morgan fingerprint density at radius 2 is 2.14 bits per heavy atom. The van der Waals surface area contributed by atoms with E-state index in [1.165, 1.54) is 0 Å². The van der Waals surface area contributed by atoms with Gasteiger partial charge in [-0.25, -0.2) is 0 Å². The van der Waals surface area contributed by atoms with Crippen LogP contribution in [0.25, 0.3) is 0 Å². The molecule has 0 aliphatic carbocycles. The molecule has 74 valence electrons.